The van der Waals surface area contributed by atoms with Crippen molar-refractivity contribution in [2.75, 3.05) is 46.2 Å². The minimum atomic E-state index is -5.24. The molecular formula is C39H65N3Na10O51S7. The Morgan fingerprint density at radius 1 is 0.509 bits per heavy atom. The van der Waals surface area contributed by atoms with E-state index in [-0.39, 0.29) is 325 Å². The maximum Gasteiger partial charge on any atom is 1.00 e. The van der Waals surface area contributed by atoms with Crippen molar-refractivity contribution in [3.8, 4) is 0 Å². The molecule has 0 aliphatic carbocycles. The first kappa shape index (κ1) is 142. The van der Waals surface area contributed by atoms with Crippen LogP contribution in [0.4, 0.5) is 0 Å². The Kier molecular flexibility index (Phi) is 84.2. The molecule has 6 rings (SSSR count). The zero-order valence-corrected chi connectivity index (χ0v) is 85.8. The summed E-state index contributed by atoms with van der Waals surface area (Å²) in [6.07, 6.45) is -27.3. The van der Waals surface area contributed by atoms with Crippen molar-refractivity contribution in [1.29, 1.82) is 0 Å². The molecule has 21 unspecified atom stereocenters. The first-order chi connectivity index (χ1) is 44.1. The van der Waals surface area contributed by atoms with Gasteiger partial charge in [-0.1, -0.05) is 0 Å². The van der Waals surface area contributed by atoms with Crippen molar-refractivity contribution in [3.05, 3.63) is 11.8 Å². The van der Waals surface area contributed by atoms with Gasteiger partial charge in [-0.3, -0.25) is 25.7 Å². The normalized spacial score (nSPS) is 29.7. The fraction of sp³-hybridized carbons (Fsp3) is 0.846. The van der Waals surface area contributed by atoms with E-state index in [2.05, 4.69) is 31.0 Å². The van der Waals surface area contributed by atoms with E-state index >= 15 is 0 Å². The second-order valence-corrected chi connectivity index (χ2v) is 27.3. The van der Waals surface area contributed by atoms with Gasteiger partial charge in [0, 0.05) is 32.7 Å². The first-order valence-electron chi connectivity index (χ1n) is 26.0. The van der Waals surface area contributed by atoms with Crippen LogP contribution in [-0.2, 0) is 151 Å². The molecule has 6 heterocycles. The summed E-state index contributed by atoms with van der Waals surface area (Å²) >= 11 is 0. The number of aliphatic hydroxyl groups is 7. The van der Waals surface area contributed by atoms with Crippen LogP contribution in [0.3, 0.4) is 0 Å². The molecule has 21 atom stereocenters. The molecule has 110 heavy (non-hydrogen) atoms. The van der Waals surface area contributed by atoms with Crippen molar-refractivity contribution in [2.24, 2.45) is 0 Å². The number of carbonyl (C=O) groups is 4. The van der Waals surface area contributed by atoms with Crippen molar-refractivity contribution in [2.45, 2.75) is 161 Å². The number of nitrogens with one attached hydrogen (secondary N) is 3. The number of aliphatic carboxylic acids is 2. The molecule has 0 aromatic carbocycles. The summed E-state index contributed by atoms with van der Waals surface area (Å²) in [7, 11) is -35.2. The molecule has 0 radical (unpaired) electrons. The van der Waals surface area contributed by atoms with Crippen LogP contribution in [0.5, 0.6) is 0 Å². The molecule has 0 bridgehead atoms. The van der Waals surface area contributed by atoms with E-state index in [0.29, 0.717) is 6.08 Å². The zero-order valence-electron chi connectivity index (χ0n) is 60.1. The van der Waals surface area contributed by atoms with Crippen LogP contribution < -0.4 is 326 Å². The maximum atomic E-state index is 11.4. The monoisotopic (exact) mass is 1840 g/mol. The van der Waals surface area contributed by atoms with Gasteiger partial charge in [0.1, 0.15) is 79.3 Å². The van der Waals surface area contributed by atoms with Gasteiger partial charge in [0.2, 0.25) is 57.9 Å². The summed E-state index contributed by atoms with van der Waals surface area (Å²) in [5, 5.41) is 101. The van der Waals surface area contributed by atoms with Gasteiger partial charge in [-0.05, 0) is 13.0 Å². The van der Waals surface area contributed by atoms with E-state index in [0.717, 1.165) is 6.92 Å². The van der Waals surface area contributed by atoms with E-state index < -0.39 is 284 Å². The van der Waals surface area contributed by atoms with Crippen molar-refractivity contribution < 1.29 is 532 Å². The average Bonchev–Trinajstić information content (AvgIpc) is 0.797. The summed E-state index contributed by atoms with van der Waals surface area (Å²) < 4.78 is 286. The minimum Gasteiger partial charge on any atom is -0.735 e. The molecule has 0 saturated carbocycles. The third-order valence-electron chi connectivity index (χ3n) is 12.5. The summed E-state index contributed by atoms with van der Waals surface area (Å²) in [4.78, 5) is 41.2. The molecule has 6 aliphatic heterocycles. The molecular weight excluding hydrogens is 1780 g/mol. The second kappa shape index (κ2) is 65.4. The Morgan fingerprint density at radius 3 is 1.23 bits per heavy atom. The van der Waals surface area contributed by atoms with Crippen LogP contribution >= 0.6 is 0 Å². The molecule has 594 valence electrons. The predicted molar refractivity (Wildman–Crippen MR) is 286 cm³/mol. The Morgan fingerprint density at radius 2 is 0.873 bits per heavy atom. The van der Waals surface area contributed by atoms with Crippen LogP contribution in [0.25, 0.3) is 0 Å². The quantitative estimate of drug-likeness (QED) is 0.0186. The van der Waals surface area contributed by atoms with Crippen molar-refractivity contribution >= 4 is 96.9 Å². The Hall–Kier alpha value is 5.83. The van der Waals surface area contributed by atoms with E-state index in [4.69, 9.17) is 43.1 Å². The third-order valence-corrected chi connectivity index (χ3v) is 15.8. The Labute approximate surface area is 849 Å². The van der Waals surface area contributed by atoms with Crippen LogP contribution in [-0.4, -0.2) is 342 Å². The van der Waals surface area contributed by atoms with Crippen molar-refractivity contribution in [1.82, 2.24) is 14.8 Å². The minimum absolute atomic E-state index is 0. The molecule has 16 N–H and O–H groups in total. The van der Waals surface area contributed by atoms with Crippen molar-refractivity contribution in [3.63, 3.8) is 0 Å². The Balaban J connectivity index is -0.000000114. The fourth-order valence-electron chi connectivity index (χ4n) is 8.61. The summed E-state index contributed by atoms with van der Waals surface area (Å²) in [5.41, 5.74) is 0. The van der Waals surface area contributed by atoms with Gasteiger partial charge < -0.3 is 157 Å². The second-order valence-electron chi connectivity index (χ2n) is 19.9. The summed E-state index contributed by atoms with van der Waals surface area (Å²) in [5.74, 6) is -4.66. The average molecular weight is 1850 g/mol. The summed E-state index contributed by atoms with van der Waals surface area (Å²) in [6.45, 7) is -2.32. The first-order valence-corrected chi connectivity index (χ1v) is 35.5. The molecule has 0 spiro atoms. The number of rotatable bonds is 24. The molecule has 71 heteroatoms. The number of hydrogen-bond acceptors (Lipinski definition) is 48. The van der Waals surface area contributed by atoms with Gasteiger partial charge in [0.15, 0.2) is 33.2 Å². The number of ether oxygens (including phenoxy) is 8. The maximum absolute atomic E-state index is 11.4. The van der Waals surface area contributed by atoms with Gasteiger partial charge in [-0.15, -0.1) is 0 Å². The van der Waals surface area contributed by atoms with Crippen LogP contribution in [0.1, 0.15) is 33.1 Å². The Bertz CT molecular complexity index is 3460. The number of carboxylic acids is 2. The smallest absolute Gasteiger partial charge is 0.735 e. The zero-order chi connectivity index (χ0) is 74.7. The number of carbonyl (C=O) groups excluding carboxylic acids is 4. The van der Waals surface area contributed by atoms with Gasteiger partial charge in [0.05, 0.1) is 100 Å². The number of aliphatic hydroxyl groups excluding tert-OH is 7. The molecule has 54 nitrogen and oxygen atoms in total. The largest absolute Gasteiger partial charge is 1.00 e. The van der Waals surface area contributed by atoms with Crippen LogP contribution in [0, 0.1) is 0 Å². The van der Waals surface area contributed by atoms with Gasteiger partial charge in [-0.25, -0.2) is 68.4 Å². The SMILES string of the molecule is CC(=O)NC1C(O)CC(COS(=O)(=O)[O-])OC1OC1C(C(=O)[O-])OCC(O)C1O.CC1OC(COS(=O)(=O)[O-])CC(O)C1NS(=O)(=O)[O-].O.O.O.O=C([O-])C1=CC(O)C(OS(=O)(=O)[O-])CO1.O=C[O-].O=S(=O)([O-])NC1C(O)CC(COS(=O)(=O)[O-])OC1OC1COCC(OS(=O)(=O)[O-])C1O.[Na+].[Na+].[Na+].[Na+].[Na+].[Na+].[Na+].[Na+].[Na+].[Na+]. The standard InChI is InChI=1S/C14H23NO13S.C11H21NO16S3.C7H15NO9S2.C6H8O8S.CH2O2.10Na.3H2O/c1-5(16)15-9-7(17)2-6(3-26-29(22,23)24)27-14(9)28-11-10(19)8(18)4-25-12(11)13(20)21;13-6-1-5(2-25-30(18,19)20)26-11(9(6)12-29(15,16)17)27-7-3-24-4-8(10(7)14)28-31(21,22)23;1-4-7(8-18(10,11)12)6(9)2-5(17-4)3-16-19(13,14)15;7-3-1-4(6(8)9)13-2-5(3)14-15(10,11)12;2-1-3;;;;;;;;;;;;;/h6-12,14,17-19H,2-4H2,1H3,(H,15,16)(H,20,21)(H,22,23,24);5-14H,1-4H2,(H,15,16,17)(H,18,19,20)(H,21,22,23);4-9H,2-3H2,1H3,(H,10,11,12)(H,13,14,15);1,3,5,7H,2H2,(H,8,9)(H,10,11,12);1H,(H,2,3);;;;;;;;;;;3*1H2/q;;;;;10*+1;;;/p-10. The number of hydrogen-bond donors (Lipinski definition) is 10. The number of carboxylic acid groups (broad SMARTS) is 3. The van der Waals surface area contributed by atoms with Gasteiger partial charge in [0.25, 0.3) is 0 Å². The fourth-order valence-corrected chi connectivity index (χ4v) is 11.8. The van der Waals surface area contributed by atoms with E-state index in [1.807, 2.05) is 0 Å². The number of amides is 1. The van der Waals surface area contributed by atoms with Gasteiger partial charge in [-0.2, -0.15) is 0 Å². The molecule has 0 aromatic rings. The molecule has 1 amide bonds. The molecule has 5 fully saturated rings. The van der Waals surface area contributed by atoms with Crippen LogP contribution in [0.2, 0.25) is 0 Å². The van der Waals surface area contributed by atoms with E-state index in [1.54, 1.807) is 4.72 Å². The molecule has 5 saturated heterocycles. The van der Waals surface area contributed by atoms with Crippen LogP contribution in [0.15, 0.2) is 11.8 Å². The predicted octanol–water partition coefficient (Wildman–Crippen LogP) is -50.1. The van der Waals surface area contributed by atoms with E-state index in [1.165, 1.54) is 11.6 Å². The molecule has 0 aromatic heterocycles. The topological polar surface area (TPSA) is 930 Å². The molecule has 6 aliphatic rings. The van der Waals surface area contributed by atoms with E-state index in [9.17, 15) is 151 Å². The van der Waals surface area contributed by atoms with Gasteiger partial charge >= 0.3 is 296 Å². The summed E-state index contributed by atoms with van der Waals surface area (Å²) in [6, 6.07) is -4.18. The third kappa shape index (κ3) is 59.7.